The van der Waals surface area contributed by atoms with Crippen molar-refractivity contribution in [3.8, 4) is 0 Å². The van der Waals surface area contributed by atoms with E-state index >= 15 is 0 Å². The van der Waals surface area contributed by atoms with Crippen molar-refractivity contribution in [3.05, 3.63) is 34.7 Å². The molecule has 0 radical (unpaired) electrons. The average molecular weight is 246 g/mol. The summed E-state index contributed by atoms with van der Waals surface area (Å²) in [6.07, 6.45) is 1.35. The highest BCUT2D eigenvalue weighted by atomic mass is 16.4. The molecule has 0 amide bonds. The number of azide groups is 1. The molecular formula is C12H14N4O2. The van der Waals surface area contributed by atoms with Crippen LogP contribution in [-0.4, -0.2) is 24.2 Å². The molecule has 0 aliphatic carbocycles. The van der Waals surface area contributed by atoms with Gasteiger partial charge in [-0.3, -0.25) is 4.79 Å². The van der Waals surface area contributed by atoms with Crippen molar-refractivity contribution < 1.29 is 9.90 Å². The molecule has 1 aliphatic heterocycles. The van der Waals surface area contributed by atoms with Crippen LogP contribution in [0.4, 0.5) is 11.4 Å². The second-order valence-electron chi connectivity index (χ2n) is 4.31. The molecule has 18 heavy (non-hydrogen) atoms. The van der Waals surface area contributed by atoms with Crippen molar-refractivity contribution in [1.29, 1.82) is 0 Å². The summed E-state index contributed by atoms with van der Waals surface area (Å²) >= 11 is 0. The molecular weight excluding hydrogens is 232 g/mol. The van der Waals surface area contributed by atoms with Gasteiger partial charge in [-0.2, -0.15) is 0 Å². The van der Waals surface area contributed by atoms with E-state index in [1.165, 1.54) is 0 Å². The molecule has 1 fully saturated rings. The van der Waals surface area contributed by atoms with Crippen molar-refractivity contribution in [3.63, 3.8) is 0 Å². The number of carboxylic acid groups (broad SMARTS) is 1. The van der Waals surface area contributed by atoms with Gasteiger partial charge in [0.25, 0.3) is 0 Å². The standard InChI is InChI=1S/C12H14N4O2/c13-15-14-10-1-3-11(4-2-10)16-7-5-9(6-8-16)12(17)18/h1-4,9H,5-8H2,(H,17,18). The van der Waals surface area contributed by atoms with Crippen LogP contribution in [0.5, 0.6) is 0 Å². The molecule has 1 heterocycles. The Morgan fingerprint density at radius 1 is 1.33 bits per heavy atom. The molecule has 2 rings (SSSR count). The van der Waals surface area contributed by atoms with Crippen LogP contribution in [0.15, 0.2) is 29.4 Å². The van der Waals surface area contributed by atoms with Crippen LogP contribution in [0.3, 0.4) is 0 Å². The first-order chi connectivity index (χ1) is 8.70. The number of anilines is 1. The molecule has 1 N–H and O–H groups in total. The van der Waals surface area contributed by atoms with Gasteiger partial charge >= 0.3 is 5.97 Å². The number of hydrogen-bond acceptors (Lipinski definition) is 3. The maximum atomic E-state index is 10.8. The number of carboxylic acids is 1. The minimum absolute atomic E-state index is 0.219. The van der Waals surface area contributed by atoms with Crippen molar-refractivity contribution in [1.82, 2.24) is 0 Å². The summed E-state index contributed by atoms with van der Waals surface area (Å²) in [7, 11) is 0. The van der Waals surface area contributed by atoms with Gasteiger partial charge in [-0.1, -0.05) is 17.2 Å². The molecule has 1 aromatic carbocycles. The molecule has 0 atom stereocenters. The lowest BCUT2D eigenvalue weighted by Crippen LogP contribution is -2.36. The zero-order chi connectivity index (χ0) is 13.0. The molecule has 1 aliphatic rings. The van der Waals surface area contributed by atoms with E-state index in [1.807, 2.05) is 12.1 Å². The molecule has 1 saturated heterocycles. The van der Waals surface area contributed by atoms with Crippen LogP contribution in [0.2, 0.25) is 0 Å². The first-order valence-electron chi connectivity index (χ1n) is 5.83. The van der Waals surface area contributed by atoms with Gasteiger partial charge in [-0.25, -0.2) is 0 Å². The van der Waals surface area contributed by atoms with Crippen LogP contribution in [0.1, 0.15) is 12.8 Å². The molecule has 6 heteroatoms. The van der Waals surface area contributed by atoms with E-state index in [0.717, 1.165) is 18.8 Å². The lowest BCUT2D eigenvalue weighted by atomic mass is 9.97. The number of rotatable bonds is 3. The lowest BCUT2D eigenvalue weighted by molar-refractivity contribution is -0.142. The summed E-state index contributed by atoms with van der Waals surface area (Å²) in [5, 5.41) is 12.4. The highest BCUT2D eigenvalue weighted by molar-refractivity contribution is 5.70. The van der Waals surface area contributed by atoms with Crippen molar-refractivity contribution in [2.75, 3.05) is 18.0 Å². The molecule has 0 bridgehead atoms. The average Bonchev–Trinajstić information content (AvgIpc) is 2.40. The van der Waals surface area contributed by atoms with Gasteiger partial charge in [0, 0.05) is 29.4 Å². The number of hydrogen-bond donors (Lipinski definition) is 1. The molecule has 0 spiro atoms. The highest BCUT2D eigenvalue weighted by Crippen LogP contribution is 2.25. The predicted molar refractivity (Wildman–Crippen MR) is 67.8 cm³/mol. The lowest BCUT2D eigenvalue weighted by Gasteiger charge is -2.31. The Bertz CT molecular complexity index is 471. The number of aliphatic carboxylic acids is 1. The minimum Gasteiger partial charge on any atom is -0.481 e. The van der Waals surface area contributed by atoms with Crippen LogP contribution < -0.4 is 4.90 Å². The fraction of sp³-hybridized carbons (Fsp3) is 0.417. The summed E-state index contributed by atoms with van der Waals surface area (Å²) in [5.41, 5.74) is 9.93. The van der Waals surface area contributed by atoms with Crippen LogP contribution >= 0.6 is 0 Å². The quantitative estimate of drug-likeness (QED) is 0.505. The third kappa shape index (κ3) is 2.73. The Balaban J connectivity index is 2.01. The van der Waals surface area contributed by atoms with Gasteiger partial charge in [0.1, 0.15) is 0 Å². The molecule has 1 aromatic rings. The van der Waals surface area contributed by atoms with E-state index in [4.69, 9.17) is 10.6 Å². The smallest absolute Gasteiger partial charge is 0.306 e. The molecule has 6 nitrogen and oxygen atoms in total. The Hall–Kier alpha value is -2.20. The van der Waals surface area contributed by atoms with E-state index in [2.05, 4.69) is 14.9 Å². The van der Waals surface area contributed by atoms with E-state index in [0.29, 0.717) is 18.5 Å². The Kier molecular flexibility index (Phi) is 3.69. The molecule has 0 aromatic heterocycles. The van der Waals surface area contributed by atoms with Gasteiger partial charge in [0.15, 0.2) is 0 Å². The maximum Gasteiger partial charge on any atom is 0.306 e. The zero-order valence-corrected chi connectivity index (χ0v) is 9.86. The fourth-order valence-corrected chi connectivity index (χ4v) is 2.17. The first kappa shape index (κ1) is 12.3. The SMILES string of the molecule is [N-]=[N+]=Nc1ccc(N2CCC(C(=O)O)CC2)cc1. The van der Waals surface area contributed by atoms with Crippen LogP contribution in [0.25, 0.3) is 10.4 Å². The summed E-state index contributed by atoms with van der Waals surface area (Å²) in [6.45, 7) is 1.50. The number of benzene rings is 1. The topological polar surface area (TPSA) is 89.3 Å². The minimum atomic E-state index is -0.701. The number of nitrogens with zero attached hydrogens (tertiary/aromatic N) is 4. The highest BCUT2D eigenvalue weighted by Gasteiger charge is 2.24. The molecule has 94 valence electrons. The summed E-state index contributed by atoms with van der Waals surface area (Å²) in [6, 6.07) is 7.31. The fourth-order valence-electron chi connectivity index (χ4n) is 2.17. The third-order valence-electron chi connectivity index (χ3n) is 3.22. The normalized spacial score (nSPS) is 16.1. The van der Waals surface area contributed by atoms with Crippen molar-refractivity contribution in [2.45, 2.75) is 12.8 Å². The molecule has 0 saturated carbocycles. The number of carbonyl (C=O) groups is 1. The largest absolute Gasteiger partial charge is 0.481 e. The Morgan fingerprint density at radius 3 is 2.44 bits per heavy atom. The second-order valence-corrected chi connectivity index (χ2v) is 4.31. The summed E-state index contributed by atoms with van der Waals surface area (Å²) < 4.78 is 0. The van der Waals surface area contributed by atoms with Crippen molar-refractivity contribution >= 4 is 17.3 Å². The van der Waals surface area contributed by atoms with Crippen LogP contribution in [0, 0.1) is 5.92 Å². The summed E-state index contributed by atoms with van der Waals surface area (Å²) in [5.74, 6) is -0.919. The van der Waals surface area contributed by atoms with Gasteiger partial charge < -0.3 is 10.0 Å². The van der Waals surface area contributed by atoms with Gasteiger partial charge in [0.2, 0.25) is 0 Å². The van der Waals surface area contributed by atoms with Crippen LogP contribution in [-0.2, 0) is 4.79 Å². The first-order valence-corrected chi connectivity index (χ1v) is 5.83. The van der Waals surface area contributed by atoms with E-state index in [1.54, 1.807) is 12.1 Å². The van der Waals surface area contributed by atoms with E-state index < -0.39 is 5.97 Å². The second kappa shape index (κ2) is 5.42. The third-order valence-corrected chi connectivity index (χ3v) is 3.22. The Morgan fingerprint density at radius 2 is 1.94 bits per heavy atom. The molecule has 0 unspecified atom stereocenters. The maximum absolute atomic E-state index is 10.8. The van der Waals surface area contributed by atoms with Gasteiger partial charge in [-0.15, -0.1) is 0 Å². The predicted octanol–water partition coefficient (Wildman–Crippen LogP) is 2.93. The van der Waals surface area contributed by atoms with E-state index in [-0.39, 0.29) is 5.92 Å². The van der Waals surface area contributed by atoms with E-state index in [9.17, 15) is 4.79 Å². The zero-order valence-electron chi connectivity index (χ0n) is 9.86. The van der Waals surface area contributed by atoms with Crippen molar-refractivity contribution in [2.24, 2.45) is 11.0 Å². The summed E-state index contributed by atoms with van der Waals surface area (Å²) in [4.78, 5) is 15.7. The Labute approximate surface area is 104 Å². The monoisotopic (exact) mass is 246 g/mol. The van der Waals surface area contributed by atoms with Gasteiger partial charge in [-0.05, 0) is 30.5 Å². The number of piperidine rings is 1. The van der Waals surface area contributed by atoms with Gasteiger partial charge in [0.05, 0.1) is 5.92 Å².